The molecule has 0 aromatic rings. The minimum Gasteiger partial charge on any atom is -0.377 e. The van der Waals surface area contributed by atoms with Crippen LogP contribution in [0.15, 0.2) is 0 Å². The van der Waals surface area contributed by atoms with E-state index < -0.39 is 8.80 Å². The van der Waals surface area contributed by atoms with Crippen LogP contribution in [0.5, 0.6) is 0 Å². The lowest BCUT2D eigenvalue weighted by Gasteiger charge is -2.28. The summed E-state index contributed by atoms with van der Waals surface area (Å²) >= 11 is 0. The first kappa shape index (κ1) is 17.1. The summed E-state index contributed by atoms with van der Waals surface area (Å²) < 4.78 is 16.4. The van der Waals surface area contributed by atoms with Gasteiger partial charge in [0.25, 0.3) is 0 Å². The molecule has 0 saturated heterocycles. The SMILES string of the molecule is CO[Si](CC(C)CCNC1CCCCC1)(OC)OC. The van der Waals surface area contributed by atoms with Crippen LogP contribution in [-0.4, -0.2) is 42.7 Å². The van der Waals surface area contributed by atoms with Crippen molar-refractivity contribution in [3.05, 3.63) is 0 Å². The molecule has 1 unspecified atom stereocenters. The van der Waals surface area contributed by atoms with Crippen LogP contribution >= 0.6 is 0 Å². The van der Waals surface area contributed by atoms with Gasteiger partial charge in [-0.1, -0.05) is 26.2 Å². The third-order valence-electron chi connectivity index (χ3n) is 4.21. The molecule has 19 heavy (non-hydrogen) atoms. The maximum atomic E-state index is 5.48. The van der Waals surface area contributed by atoms with Gasteiger partial charge in [-0.2, -0.15) is 0 Å². The van der Waals surface area contributed by atoms with Gasteiger partial charge in [-0.15, -0.1) is 0 Å². The van der Waals surface area contributed by atoms with Crippen molar-refractivity contribution in [3.63, 3.8) is 0 Å². The highest BCUT2D eigenvalue weighted by atomic mass is 28.4. The molecule has 1 fully saturated rings. The summed E-state index contributed by atoms with van der Waals surface area (Å²) in [6.07, 6.45) is 8.04. The third kappa shape index (κ3) is 5.91. The van der Waals surface area contributed by atoms with Crippen molar-refractivity contribution in [2.24, 2.45) is 5.92 Å². The Labute approximate surface area is 119 Å². The molecule has 0 amide bonds. The first-order valence-corrected chi connectivity index (χ1v) is 9.48. The topological polar surface area (TPSA) is 39.7 Å². The van der Waals surface area contributed by atoms with Gasteiger partial charge in [-0.25, -0.2) is 0 Å². The second-order valence-electron chi connectivity index (χ2n) is 5.68. The zero-order valence-corrected chi connectivity index (χ0v) is 14.0. The quantitative estimate of drug-likeness (QED) is 0.663. The van der Waals surface area contributed by atoms with Gasteiger partial charge in [0.2, 0.25) is 0 Å². The van der Waals surface area contributed by atoms with Gasteiger partial charge >= 0.3 is 8.80 Å². The second kappa shape index (κ2) is 9.08. The average molecular weight is 289 g/mol. The Hall–Kier alpha value is 0.0569. The largest absolute Gasteiger partial charge is 0.500 e. The fraction of sp³-hybridized carbons (Fsp3) is 1.00. The van der Waals surface area contributed by atoms with Crippen molar-refractivity contribution in [3.8, 4) is 0 Å². The summed E-state index contributed by atoms with van der Waals surface area (Å²) in [5.74, 6) is 0.558. The monoisotopic (exact) mass is 289 g/mol. The van der Waals surface area contributed by atoms with Crippen LogP contribution in [0.3, 0.4) is 0 Å². The molecule has 0 heterocycles. The van der Waals surface area contributed by atoms with Crippen molar-refractivity contribution in [1.29, 1.82) is 0 Å². The summed E-state index contributed by atoms with van der Waals surface area (Å²) in [5, 5.41) is 3.69. The van der Waals surface area contributed by atoms with E-state index in [1.807, 2.05) is 0 Å². The molecular formula is C14H31NO3Si. The van der Waals surface area contributed by atoms with E-state index >= 15 is 0 Å². The molecule has 0 aliphatic heterocycles. The molecule has 1 aliphatic carbocycles. The molecule has 0 aromatic heterocycles. The van der Waals surface area contributed by atoms with Crippen molar-refractivity contribution in [1.82, 2.24) is 5.32 Å². The minimum absolute atomic E-state index is 0.558. The van der Waals surface area contributed by atoms with E-state index in [-0.39, 0.29) is 0 Å². The minimum atomic E-state index is -2.40. The number of rotatable bonds is 9. The highest BCUT2D eigenvalue weighted by Crippen LogP contribution is 2.22. The molecule has 1 saturated carbocycles. The average Bonchev–Trinajstić information content (AvgIpc) is 2.46. The van der Waals surface area contributed by atoms with E-state index in [4.69, 9.17) is 13.3 Å². The van der Waals surface area contributed by atoms with Crippen molar-refractivity contribution < 1.29 is 13.3 Å². The van der Waals surface area contributed by atoms with Crippen LogP contribution in [-0.2, 0) is 13.3 Å². The molecular weight excluding hydrogens is 258 g/mol. The van der Waals surface area contributed by atoms with Gasteiger partial charge in [-0.3, -0.25) is 0 Å². The molecule has 1 N–H and O–H groups in total. The van der Waals surface area contributed by atoms with Gasteiger partial charge in [0.15, 0.2) is 0 Å². The number of hydrogen-bond acceptors (Lipinski definition) is 4. The molecule has 1 aliphatic rings. The molecule has 114 valence electrons. The van der Waals surface area contributed by atoms with Gasteiger partial charge in [0.1, 0.15) is 0 Å². The van der Waals surface area contributed by atoms with Gasteiger partial charge in [0.05, 0.1) is 0 Å². The Kier molecular flexibility index (Phi) is 8.17. The normalized spacial score (nSPS) is 19.6. The third-order valence-corrected chi connectivity index (χ3v) is 7.27. The van der Waals surface area contributed by atoms with Crippen molar-refractivity contribution >= 4 is 8.80 Å². The molecule has 0 spiro atoms. The molecule has 0 aromatic carbocycles. The Morgan fingerprint density at radius 3 is 2.16 bits per heavy atom. The van der Waals surface area contributed by atoms with Crippen LogP contribution in [0, 0.1) is 5.92 Å². The van der Waals surface area contributed by atoms with Crippen LogP contribution in [0.2, 0.25) is 6.04 Å². The highest BCUT2D eigenvalue weighted by molar-refractivity contribution is 6.60. The first-order chi connectivity index (χ1) is 9.15. The molecule has 1 atom stereocenters. The van der Waals surface area contributed by atoms with E-state index in [0.29, 0.717) is 5.92 Å². The predicted octanol–water partition coefficient (Wildman–Crippen LogP) is 2.81. The standard InChI is InChI=1S/C14H31NO3Si/c1-13(12-19(16-2,17-3)18-4)10-11-15-14-8-6-5-7-9-14/h13-15H,5-12H2,1-4H3. The zero-order valence-electron chi connectivity index (χ0n) is 13.0. The van der Waals surface area contributed by atoms with E-state index in [1.165, 1.54) is 32.1 Å². The Morgan fingerprint density at radius 1 is 1.05 bits per heavy atom. The predicted molar refractivity (Wildman–Crippen MR) is 80.2 cm³/mol. The number of hydrogen-bond donors (Lipinski definition) is 1. The highest BCUT2D eigenvalue weighted by Gasteiger charge is 2.39. The van der Waals surface area contributed by atoms with Crippen molar-refractivity contribution in [2.45, 2.75) is 57.5 Å². The fourth-order valence-corrected chi connectivity index (χ4v) is 4.93. The van der Waals surface area contributed by atoms with E-state index in [0.717, 1.165) is 25.1 Å². The lowest BCUT2D eigenvalue weighted by molar-refractivity contribution is 0.118. The lowest BCUT2D eigenvalue weighted by Crippen LogP contribution is -2.44. The van der Waals surface area contributed by atoms with Crippen molar-refractivity contribution in [2.75, 3.05) is 27.9 Å². The molecule has 5 heteroatoms. The van der Waals surface area contributed by atoms with E-state index in [2.05, 4.69) is 12.2 Å². The Balaban J connectivity index is 2.20. The summed E-state index contributed by atoms with van der Waals surface area (Å²) in [7, 11) is 2.66. The maximum Gasteiger partial charge on any atom is 0.500 e. The van der Waals surface area contributed by atoms with E-state index in [1.54, 1.807) is 21.3 Å². The number of nitrogens with one attached hydrogen (secondary N) is 1. The first-order valence-electron chi connectivity index (χ1n) is 7.54. The lowest BCUT2D eigenvalue weighted by atomic mass is 9.95. The van der Waals surface area contributed by atoms with Crippen LogP contribution in [0.25, 0.3) is 0 Å². The second-order valence-corrected chi connectivity index (χ2v) is 8.68. The summed E-state index contributed by atoms with van der Waals surface area (Å²) in [4.78, 5) is 0. The maximum absolute atomic E-state index is 5.48. The molecule has 1 rings (SSSR count). The summed E-state index contributed by atoms with van der Waals surface area (Å²) in [6.45, 7) is 3.34. The summed E-state index contributed by atoms with van der Waals surface area (Å²) in [5.41, 5.74) is 0. The summed E-state index contributed by atoms with van der Waals surface area (Å²) in [6, 6.07) is 1.64. The molecule has 0 bridgehead atoms. The van der Waals surface area contributed by atoms with Gasteiger partial charge < -0.3 is 18.6 Å². The van der Waals surface area contributed by atoms with Gasteiger partial charge in [0, 0.05) is 33.4 Å². The van der Waals surface area contributed by atoms with Crippen LogP contribution in [0.4, 0.5) is 0 Å². The Morgan fingerprint density at radius 2 is 1.63 bits per heavy atom. The molecule has 4 nitrogen and oxygen atoms in total. The van der Waals surface area contributed by atoms with Gasteiger partial charge in [-0.05, 0) is 31.7 Å². The Bertz CT molecular complexity index is 222. The zero-order chi connectivity index (χ0) is 14.1. The van der Waals surface area contributed by atoms with Crippen LogP contribution < -0.4 is 5.32 Å². The molecule has 0 radical (unpaired) electrons. The van der Waals surface area contributed by atoms with Crippen LogP contribution in [0.1, 0.15) is 45.4 Å². The smallest absolute Gasteiger partial charge is 0.377 e. The van der Waals surface area contributed by atoms with E-state index in [9.17, 15) is 0 Å². The fourth-order valence-electron chi connectivity index (χ4n) is 2.87.